The predicted molar refractivity (Wildman–Crippen MR) is 92.5 cm³/mol. The van der Waals surface area contributed by atoms with Gasteiger partial charge in [0.25, 0.3) is 5.91 Å². The van der Waals surface area contributed by atoms with Gasteiger partial charge in [0, 0.05) is 10.7 Å². The fourth-order valence-electron chi connectivity index (χ4n) is 2.05. The quantitative estimate of drug-likeness (QED) is 0.812. The Bertz CT molecular complexity index is 708. The van der Waals surface area contributed by atoms with Crippen molar-refractivity contribution < 1.29 is 19.1 Å². The van der Waals surface area contributed by atoms with E-state index < -0.39 is 11.9 Å². The van der Waals surface area contributed by atoms with Crippen LogP contribution in [0.3, 0.4) is 0 Å². The molecule has 0 heterocycles. The molecule has 24 heavy (non-hydrogen) atoms. The highest BCUT2D eigenvalue weighted by molar-refractivity contribution is 6.30. The van der Waals surface area contributed by atoms with Gasteiger partial charge in [-0.2, -0.15) is 0 Å². The third-order valence-corrected chi connectivity index (χ3v) is 3.53. The molecule has 2 rings (SSSR count). The lowest BCUT2D eigenvalue weighted by molar-refractivity contribution is -0.149. The Kier molecular flexibility index (Phi) is 6.21. The van der Waals surface area contributed by atoms with E-state index in [0.29, 0.717) is 10.8 Å². The van der Waals surface area contributed by atoms with E-state index in [9.17, 15) is 9.59 Å². The molecule has 0 fully saturated rings. The van der Waals surface area contributed by atoms with Gasteiger partial charge in [-0.1, -0.05) is 29.8 Å². The van der Waals surface area contributed by atoms with Gasteiger partial charge in [0.15, 0.2) is 13.2 Å². The summed E-state index contributed by atoms with van der Waals surface area (Å²) in [6.07, 6.45) is 0. The molecule has 2 aromatic rings. The van der Waals surface area contributed by atoms with Crippen LogP contribution in [0.2, 0.25) is 5.02 Å². The number of hydrogen-bond acceptors (Lipinski definition) is 4. The SMILES string of the molecule is Cc1cccc(C)c1NC(=O)COC(=O)COc1ccc(Cl)cc1. The summed E-state index contributed by atoms with van der Waals surface area (Å²) < 4.78 is 10.1. The van der Waals surface area contributed by atoms with Gasteiger partial charge in [0.1, 0.15) is 5.75 Å². The monoisotopic (exact) mass is 347 g/mol. The van der Waals surface area contributed by atoms with E-state index in [1.807, 2.05) is 32.0 Å². The second-order valence-corrected chi connectivity index (χ2v) is 5.65. The third-order valence-electron chi connectivity index (χ3n) is 3.28. The molecule has 0 atom stereocenters. The third kappa shape index (κ3) is 5.28. The number of carbonyl (C=O) groups excluding carboxylic acids is 2. The molecule has 0 bridgehead atoms. The minimum atomic E-state index is -0.624. The first-order chi connectivity index (χ1) is 11.5. The number of aryl methyl sites for hydroxylation is 2. The van der Waals surface area contributed by atoms with Crippen molar-refractivity contribution in [2.24, 2.45) is 0 Å². The summed E-state index contributed by atoms with van der Waals surface area (Å²) >= 11 is 5.76. The molecule has 126 valence electrons. The van der Waals surface area contributed by atoms with Gasteiger partial charge in [-0.3, -0.25) is 4.79 Å². The molecular weight excluding hydrogens is 330 g/mol. The van der Waals surface area contributed by atoms with Crippen molar-refractivity contribution >= 4 is 29.2 Å². The van der Waals surface area contributed by atoms with E-state index in [-0.39, 0.29) is 13.2 Å². The lowest BCUT2D eigenvalue weighted by Gasteiger charge is -2.11. The zero-order valence-corrected chi connectivity index (χ0v) is 14.2. The zero-order chi connectivity index (χ0) is 17.5. The summed E-state index contributed by atoms with van der Waals surface area (Å²) in [4.78, 5) is 23.5. The molecule has 0 aliphatic heterocycles. The largest absolute Gasteiger partial charge is 0.482 e. The van der Waals surface area contributed by atoms with Crippen molar-refractivity contribution in [3.8, 4) is 5.75 Å². The topological polar surface area (TPSA) is 64.6 Å². The molecule has 1 amide bonds. The number of esters is 1. The number of benzene rings is 2. The average Bonchev–Trinajstić information content (AvgIpc) is 2.56. The van der Waals surface area contributed by atoms with Crippen LogP contribution in [0.25, 0.3) is 0 Å². The van der Waals surface area contributed by atoms with Crippen LogP contribution >= 0.6 is 11.6 Å². The van der Waals surface area contributed by atoms with Crippen molar-refractivity contribution in [2.75, 3.05) is 18.5 Å². The predicted octanol–water partition coefficient (Wildman–Crippen LogP) is 3.52. The number of amides is 1. The van der Waals surface area contributed by atoms with Crippen molar-refractivity contribution in [1.29, 1.82) is 0 Å². The highest BCUT2D eigenvalue weighted by Gasteiger charge is 2.11. The number of anilines is 1. The minimum absolute atomic E-state index is 0.279. The molecule has 0 saturated heterocycles. The Labute approximate surface area is 145 Å². The van der Waals surface area contributed by atoms with E-state index in [2.05, 4.69) is 5.32 Å². The Morgan fingerprint density at radius 1 is 1.00 bits per heavy atom. The first-order valence-electron chi connectivity index (χ1n) is 7.36. The van der Waals surface area contributed by atoms with Gasteiger partial charge in [0.05, 0.1) is 0 Å². The average molecular weight is 348 g/mol. The second-order valence-electron chi connectivity index (χ2n) is 5.22. The Hall–Kier alpha value is -2.53. The first kappa shape index (κ1) is 17.8. The highest BCUT2D eigenvalue weighted by Crippen LogP contribution is 2.19. The molecule has 5 nitrogen and oxygen atoms in total. The standard InChI is InChI=1S/C18H18ClNO4/c1-12-4-3-5-13(2)18(12)20-16(21)10-24-17(22)11-23-15-8-6-14(19)7-9-15/h3-9H,10-11H2,1-2H3,(H,20,21). The molecule has 0 saturated carbocycles. The maximum Gasteiger partial charge on any atom is 0.344 e. The van der Waals surface area contributed by atoms with E-state index >= 15 is 0 Å². The van der Waals surface area contributed by atoms with E-state index in [0.717, 1.165) is 16.8 Å². The summed E-state index contributed by atoms with van der Waals surface area (Å²) in [5.74, 6) is -0.523. The van der Waals surface area contributed by atoms with Crippen LogP contribution < -0.4 is 10.1 Å². The number of carbonyl (C=O) groups is 2. The summed E-state index contributed by atoms with van der Waals surface area (Å²) in [6.45, 7) is 3.15. The van der Waals surface area contributed by atoms with Crippen molar-refractivity contribution in [3.05, 3.63) is 58.6 Å². The van der Waals surface area contributed by atoms with Crippen LogP contribution in [0, 0.1) is 13.8 Å². The minimum Gasteiger partial charge on any atom is -0.482 e. The molecule has 2 aromatic carbocycles. The highest BCUT2D eigenvalue weighted by atomic mass is 35.5. The van der Waals surface area contributed by atoms with Gasteiger partial charge in [-0.25, -0.2) is 4.79 Å². The number of para-hydroxylation sites is 1. The lowest BCUT2D eigenvalue weighted by atomic mass is 10.1. The van der Waals surface area contributed by atoms with Crippen molar-refractivity contribution in [2.45, 2.75) is 13.8 Å². The molecule has 0 aliphatic carbocycles. The molecule has 6 heteroatoms. The number of ether oxygens (including phenoxy) is 2. The number of nitrogens with one attached hydrogen (secondary N) is 1. The van der Waals surface area contributed by atoms with Crippen LogP contribution in [0.15, 0.2) is 42.5 Å². The van der Waals surface area contributed by atoms with Crippen molar-refractivity contribution in [3.63, 3.8) is 0 Å². The van der Waals surface area contributed by atoms with Crippen LogP contribution in [-0.2, 0) is 14.3 Å². The zero-order valence-electron chi connectivity index (χ0n) is 13.5. The van der Waals surface area contributed by atoms with E-state index in [1.165, 1.54) is 0 Å². The molecule has 0 aromatic heterocycles. The summed E-state index contributed by atoms with van der Waals surface area (Å²) in [7, 11) is 0. The fourth-order valence-corrected chi connectivity index (χ4v) is 2.17. The van der Waals surface area contributed by atoms with Crippen LogP contribution in [0.4, 0.5) is 5.69 Å². The molecule has 0 spiro atoms. The maximum atomic E-state index is 11.9. The molecule has 0 aliphatic rings. The molecule has 0 radical (unpaired) electrons. The Morgan fingerprint density at radius 2 is 1.62 bits per heavy atom. The second kappa shape index (κ2) is 8.36. The van der Waals surface area contributed by atoms with Crippen LogP contribution in [0.1, 0.15) is 11.1 Å². The van der Waals surface area contributed by atoms with Gasteiger partial charge in [-0.05, 0) is 49.2 Å². The first-order valence-corrected chi connectivity index (χ1v) is 7.73. The normalized spacial score (nSPS) is 10.1. The summed E-state index contributed by atoms with van der Waals surface area (Å²) in [5.41, 5.74) is 2.62. The van der Waals surface area contributed by atoms with Gasteiger partial charge in [0.2, 0.25) is 0 Å². The lowest BCUT2D eigenvalue weighted by Crippen LogP contribution is -2.24. The molecule has 0 unspecified atom stereocenters. The van der Waals surface area contributed by atoms with E-state index in [1.54, 1.807) is 24.3 Å². The van der Waals surface area contributed by atoms with Crippen LogP contribution in [0.5, 0.6) is 5.75 Å². The van der Waals surface area contributed by atoms with Gasteiger partial charge >= 0.3 is 5.97 Å². The van der Waals surface area contributed by atoms with Gasteiger partial charge in [-0.15, -0.1) is 0 Å². The van der Waals surface area contributed by atoms with Crippen LogP contribution in [-0.4, -0.2) is 25.1 Å². The molecule has 1 N–H and O–H groups in total. The molecular formula is C18H18ClNO4. The van der Waals surface area contributed by atoms with E-state index in [4.69, 9.17) is 21.1 Å². The smallest absolute Gasteiger partial charge is 0.344 e. The number of hydrogen-bond donors (Lipinski definition) is 1. The Morgan fingerprint density at radius 3 is 2.25 bits per heavy atom. The Balaban J connectivity index is 1.77. The van der Waals surface area contributed by atoms with Crippen molar-refractivity contribution in [1.82, 2.24) is 0 Å². The maximum absolute atomic E-state index is 11.9. The number of rotatable bonds is 6. The van der Waals surface area contributed by atoms with Gasteiger partial charge < -0.3 is 14.8 Å². The fraction of sp³-hybridized carbons (Fsp3) is 0.222. The summed E-state index contributed by atoms with van der Waals surface area (Å²) in [5, 5.41) is 3.32. The number of halogens is 1. The summed E-state index contributed by atoms with van der Waals surface area (Å²) in [6, 6.07) is 12.3.